The highest BCUT2D eigenvalue weighted by Crippen LogP contribution is 2.56. The number of nitrogens with two attached hydrogens (primary N) is 1. The van der Waals surface area contributed by atoms with E-state index in [-0.39, 0.29) is 45.2 Å². The molecule has 2 aliphatic heterocycles. The van der Waals surface area contributed by atoms with E-state index in [4.69, 9.17) is 22.1 Å². The zero-order valence-electron chi connectivity index (χ0n) is 24.4. The summed E-state index contributed by atoms with van der Waals surface area (Å²) in [4.78, 5) is 29.6. The van der Waals surface area contributed by atoms with Gasteiger partial charge in [-0.1, -0.05) is 44.5 Å². The van der Waals surface area contributed by atoms with E-state index in [9.17, 15) is 22.8 Å². The number of methoxy groups -OCH3 is 1. The van der Waals surface area contributed by atoms with Crippen molar-refractivity contribution in [2.45, 2.75) is 56.8 Å². The maximum Gasteiger partial charge on any atom is 0.433 e. The third-order valence-electron chi connectivity index (χ3n) is 8.32. The van der Waals surface area contributed by atoms with Crippen molar-refractivity contribution in [2.75, 3.05) is 24.3 Å². The van der Waals surface area contributed by atoms with Gasteiger partial charge in [-0.15, -0.1) is 0 Å². The number of nitrogens with zero attached hydrogens (tertiary/aromatic N) is 1. The number of ether oxygens (including phenoxy) is 1. The number of benzene rings is 2. The lowest BCUT2D eigenvalue weighted by molar-refractivity contribution is -0.141. The fourth-order valence-electron chi connectivity index (χ4n) is 6.48. The second kappa shape index (κ2) is 11.2. The molecule has 2 amide bonds. The summed E-state index contributed by atoms with van der Waals surface area (Å²) >= 11 is 6.24. The number of carbonyl (C=O) groups excluding carboxylic acids is 2. The standard InChI is InChI=1S/C31H32ClF4N5O3/c1-29(2,3)12-23-30(14-39-20-11-22(31(34,35)36)38-13-17(20)30)24(16-6-5-7-18(32)25(16)33)26(41-23)28(43)40-19-9-8-15(27(37)42)10-21(19)44-4/h5-11,13,23-24,26,39,41H,12,14H2,1-4H3,(H2,37,42)(H,40,43)/t23-,24-,26+,30-/m1/s1. The molecule has 1 aromatic heterocycles. The summed E-state index contributed by atoms with van der Waals surface area (Å²) in [6, 6.07) is 8.15. The number of fused-ring (bicyclic) bond motifs is 2. The Morgan fingerprint density at radius 1 is 1.18 bits per heavy atom. The largest absolute Gasteiger partial charge is 0.495 e. The smallest absolute Gasteiger partial charge is 0.433 e. The van der Waals surface area contributed by atoms with Crippen molar-refractivity contribution < 1.29 is 31.9 Å². The third kappa shape index (κ3) is 5.56. The summed E-state index contributed by atoms with van der Waals surface area (Å²) in [6.45, 7) is 6.12. The number of pyridine rings is 1. The number of carbonyl (C=O) groups is 2. The minimum absolute atomic E-state index is 0.107. The van der Waals surface area contributed by atoms with Gasteiger partial charge in [0, 0.05) is 46.9 Å². The number of alkyl halides is 3. The van der Waals surface area contributed by atoms with E-state index < -0.39 is 52.9 Å². The number of hydrogen-bond donors (Lipinski definition) is 4. The molecule has 234 valence electrons. The number of hydrogen-bond acceptors (Lipinski definition) is 6. The average molecular weight is 634 g/mol. The number of nitrogens with one attached hydrogen (secondary N) is 3. The van der Waals surface area contributed by atoms with Gasteiger partial charge >= 0.3 is 6.18 Å². The molecule has 2 aliphatic rings. The Bertz CT molecular complexity index is 1630. The topological polar surface area (TPSA) is 118 Å². The lowest BCUT2D eigenvalue weighted by Crippen LogP contribution is -2.46. The number of halogens is 5. The predicted octanol–water partition coefficient (Wildman–Crippen LogP) is 5.86. The maximum absolute atomic E-state index is 15.9. The molecule has 13 heteroatoms. The second-order valence-electron chi connectivity index (χ2n) is 12.4. The molecule has 1 fully saturated rings. The van der Waals surface area contributed by atoms with E-state index in [0.29, 0.717) is 12.0 Å². The Morgan fingerprint density at radius 2 is 1.91 bits per heavy atom. The van der Waals surface area contributed by atoms with Crippen molar-refractivity contribution in [3.63, 3.8) is 0 Å². The van der Waals surface area contributed by atoms with Crippen LogP contribution in [0, 0.1) is 11.2 Å². The zero-order chi connectivity index (χ0) is 32.2. The monoisotopic (exact) mass is 633 g/mol. The van der Waals surface area contributed by atoms with E-state index in [0.717, 1.165) is 6.07 Å². The Balaban J connectivity index is 1.68. The molecule has 3 aromatic rings. The number of aromatic nitrogens is 1. The predicted molar refractivity (Wildman–Crippen MR) is 158 cm³/mol. The van der Waals surface area contributed by atoms with Crippen LogP contribution in [0.5, 0.6) is 5.75 Å². The number of anilines is 2. The van der Waals surface area contributed by atoms with Crippen LogP contribution in [-0.4, -0.2) is 42.5 Å². The highest BCUT2D eigenvalue weighted by Gasteiger charge is 2.62. The Hall–Kier alpha value is -3.90. The third-order valence-corrected chi connectivity index (χ3v) is 8.61. The van der Waals surface area contributed by atoms with Crippen LogP contribution in [0.15, 0.2) is 48.7 Å². The van der Waals surface area contributed by atoms with Crippen LogP contribution in [0.1, 0.15) is 60.3 Å². The zero-order valence-corrected chi connectivity index (χ0v) is 25.2. The molecule has 5 rings (SSSR count). The van der Waals surface area contributed by atoms with Crippen LogP contribution in [0.3, 0.4) is 0 Å². The van der Waals surface area contributed by atoms with Gasteiger partial charge in [-0.2, -0.15) is 13.2 Å². The van der Waals surface area contributed by atoms with Gasteiger partial charge in [0.2, 0.25) is 11.8 Å². The van der Waals surface area contributed by atoms with Gasteiger partial charge in [-0.25, -0.2) is 4.39 Å². The second-order valence-corrected chi connectivity index (χ2v) is 12.8. The van der Waals surface area contributed by atoms with E-state index in [2.05, 4.69) is 20.9 Å². The van der Waals surface area contributed by atoms with E-state index in [1.807, 2.05) is 20.8 Å². The molecule has 2 aromatic carbocycles. The van der Waals surface area contributed by atoms with E-state index in [1.54, 1.807) is 6.07 Å². The molecular weight excluding hydrogens is 602 g/mol. The van der Waals surface area contributed by atoms with Gasteiger partial charge in [0.15, 0.2) is 0 Å². The van der Waals surface area contributed by atoms with Crippen molar-refractivity contribution in [3.8, 4) is 5.75 Å². The molecule has 0 saturated carbocycles. The van der Waals surface area contributed by atoms with Crippen LogP contribution in [0.4, 0.5) is 28.9 Å². The molecule has 8 nitrogen and oxygen atoms in total. The van der Waals surface area contributed by atoms with Crippen molar-refractivity contribution in [1.29, 1.82) is 0 Å². The fraction of sp³-hybridized carbons (Fsp3) is 0.387. The van der Waals surface area contributed by atoms with Crippen LogP contribution in [0.2, 0.25) is 5.02 Å². The summed E-state index contributed by atoms with van der Waals surface area (Å²) in [5, 5.41) is 9.20. The van der Waals surface area contributed by atoms with Crippen molar-refractivity contribution in [2.24, 2.45) is 11.1 Å². The molecule has 0 bridgehead atoms. The fourth-order valence-corrected chi connectivity index (χ4v) is 6.67. The van der Waals surface area contributed by atoms with Gasteiger partial charge in [0.25, 0.3) is 0 Å². The molecule has 0 aliphatic carbocycles. The minimum Gasteiger partial charge on any atom is -0.495 e. The molecule has 0 unspecified atom stereocenters. The highest BCUT2D eigenvalue weighted by atomic mass is 35.5. The van der Waals surface area contributed by atoms with Crippen LogP contribution in [0.25, 0.3) is 0 Å². The van der Waals surface area contributed by atoms with E-state index >= 15 is 4.39 Å². The first-order chi connectivity index (χ1) is 20.6. The van der Waals surface area contributed by atoms with Gasteiger partial charge in [-0.3, -0.25) is 14.6 Å². The molecule has 1 spiro atoms. The Labute approximate surface area is 256 Å². The highest BCUT2D eigenvalue weighted by molar-refractivity contribution is 6.30. The van der Waals surface area contributed by atoms with Gasteiger partial charge in [0.1, 0.15) is 17.3 Å². The first-order valence-electron chi connectivity index (χ1n) is 13.9. The van der Waals surface area contributed by atoms with Crippen LogP contribution < -0.4 is 26.4 Å². The van der Waals surface area contributed by atoms with Crippen molar-refractivity contribution in [1.82, 2.24) is 10.3 Å². The quantitative estimate of drug-likeness (QED) is 0.253. The summed E-state index contributed by atoms with van der Waals surface area (Å²) in [7, 11) is 1.37. The molecule has 4 atom stereocenters. The summed E-state index contributed by atoms with van der Waals surface area (Å²) < 4.78 is 62.1. The average Bonchev–Trinajstić information content (AvgIpc) is 3.47. The summed E-state index contributed by atoms with van der Waals surface area (Å²) in [6.07, 6.45) is -3.01. The number of rotatable bonds is 6. The van der Waals surface area contributed by atoms with Crippen LogP contribution in [-0.2, 0) is 16.4 Å². The maximum atomic E-state index is 15.9. The summed E-state index contributed by atoms with van der Waals surface area (Å²) in [5.41, 5.74) is 4.11. The minimum atomic E-state index is -4.67. The first-order valence-corrected chi connectivity index (χ1v) is 14.2. The molecule has 44 heavy (non-hydrogen) atoms. The van der Waals surface area contributed by atoms with Gasteiger partial charge in [-0.05, 0) is 47.7 Å². The molecule has 0 radical (unpaired) electrons. The SMILES string of the molecule is COc1cc(C(N)=O)ccc1NC(=O)[C@H]1N[C@H](CC(C)(C)C)[C@]2(CNc3cc(C(F)(F)F)ncc32)[C@@H]1c1cccc(Cl)c1F. The lowest BCUT2D eigenvalue weighted by atomic mass is 9.63. The van der Waals surface area contributed by atoms with Crippen molar-refractivity contribution >= 4 is 34.8 Å². The van der Waals surface area contributed by atoms with Gasteiger partial charge in [0.05, 0.1) is 23.9 Å². The normalized spacial score (nSPS) is 22.9. The van der Waals surface area contributed by atoms with Gasteiger partial charge < -0.3 is 26.4 Å². The van der Waals surface area contributed by atoms with Crippen LogP contribution >= 0.6 is 11.6 Å². The lowest BCUT2D eigenvalue weighted by Gasteiger charge is -2.39. The first kappa shape index (κ1) is 31.5. The molecular formula is C31H32ClF4N5O3. The molecule has 3 heterocycles. The van der Waals surface area contributed by atoms with Crippen molar-refractivity contribution in [3.05, 3.63) is 81.9 Å². The molecule has 5 N–H and O–H groups in total. The molecule has 1 saturated heterocycles. The van der Waals surface area contributed by atoms with E-state index in [1.165, 1.54) is 43.6 Å². The Kier molecular flexibility index (Phi) is 8.04. The number of amides is 2. The Morgan fingerprint density at radius 3 is 2.55 bits per heavy atom. The number of primary amides is 1. The summed E-state index contributed by atoms with van der Waals surface area (Å²) in [5.74, 6) is -2.72.